The Labute approximate surface area is 247 Å². The molecule has 0 aromatic heterocycles. The van der Waals surface area contributed by atoms with E-state index >= 15 is 0 Å². The summed E-state index contributed by atoms with van der Waals surface area (Å²) in [5.41, 5.74) is -2.17. The number of benzene rings is 2. The molecule has 0 aliphatic rings. The first-order valence-corrected chi connectivity index (χ1v) is 14.9. The minimum atomic E-state index is -4.56. The topological polar surface area (TPSA) is 103 Å². The summed E-state index contributed by atoms with van der Waals surface area (Å²) in [7, 11) is -1.56. The van der Waals surface area contributed by atoms with Crippen molar-refractivity contribution in [3.63, 3.8) is 0 Å². The number of phenols is 1. The van der Waals surface area contributed by atoms with Crippen LogP contribution in [0.1, 0.15) is 44.7 Å². The predicted molar refractivity (Wildman–Crippen MR) is 151 cm³/mol. The van der Waals surface area contributed by atoms with Crippen LogP contribution in [0.15, 0.2) is 58.8 Å². The zero-order valence-corrected chi connectivity index (χ0v) is 25.8. The van der Waals surface area contributed by atoms with Gasteiger partial charge in [-0.2, -0.15) is 13.2 Å². The van der Waals surface area contributed by atoms with Gasteiger partial charge in [0.05, 0.1) is 22.6 Å². The highest BCUT2D eigenvalue weighted by Gasteiger charge is 2.37. The molecule has 1 atom stereocenters. The van der Waals surface area contributed by atoms with Crippen LogP contribution in [0, 0.1) is 0 Å². The van der Waals surface area contributed by atoms with Crippen LogP contribution < -0.4 is 5.32 Å². The summed E-state index contributed by atoms with van der Waals surface area (Å²) in [4.78, 5) is 13.3. The molecule has 8 nitrogen and oxygen atoms in total. The molecule has 0 saturated carbocycles. The Morgan fingerprint density at radius 1 is 1.15 bits per heavy atom. The highest BCUT2D eigenvalue weighted by molar-refractivity contribution is 7.99. The van der Waals surface area contributed by atoms with Crippen molar-refractivity contribution in [3.05, 3.63) is 65.2 Å². The number of phosphoric acid groups is 1. The van der Waals surface area contributed by atoms with E-state index in [1.807, 2.05) is 0 Å². The van der Waals surface area contributed by atoms with Gasteiger partial charge in [0.2, 0.25) is 0 Å². The summed E-state index contributed by atoms with van der Waals surface area (Å²) in [6.45, 7) is 8.61. The number of aryl methyl sites for hydroxylation is 1. The fourth-order valence-corrected chi connectivity index (χ4v) is 5.66. The van der Waals surface area contributed by atoms with Crippen LogP contribution in [-0.2, 0) is 35.5 Å². The Kier molecular flexibility index (Phi) is 12.2. The second-order valence-corrected chi connectivity index (χ2v) is 13.4. The Balaban J connectivity index is 2.31. The number of carbonyl (C=O) groups excluding carboxylic acids is 1. The molecule has 41 heavy (non-hydrogen) atoms. The quantitative estimate of drug-likeness (QED) is 0.166. The van der Waals surface area contributed by atoms with Gasteiger partial charge in [-0.3, -0.25) is 13.6 Å². The number of rotatable bonds is 13. The van der Waals surface area contributed by atoms with Gasteiger partial charge < -0.3 is 15.2 Å². The van der Waals surface area contributed by atoms with Gasteiger partial charge in [-0.15, -0.1) is 6.58 Å². The van der Waals surface area contributed by atoms with Crippen LogP contribution >= 0.6 is 31.2 Å². The Hall–Kier alpha value is -2.21. The molecule has 0 spiro atoms. The standard InChI is InChI=1S/C27H34ClF3NO7PS/c1-7-13-26(17-38-40(35,36-5)37-6,32-24(34)39-25(2,3)4)14-12-18-8-10-20(16-21(18)28)41-23-15-19(27(29,30)31)9-11-22(23)33/h7-11,15-16,33H,1,12-14,17H2,2-6H3,(H,32,34)/t26-/m0/s1. The molecule has 2 rings (SSSR count). The fraction of sp³-hybridized carbons (Fsp3) is 0.444. The molecule has 0 aliphatic heterocycles. The highest BCUT2D eigenvalue weighted by Crippen LogP contribution is 2.48. The Bertz CT molecular complexity index is 1260. The lowest BCUT2D eigenvalue weighted by atomic mass is 9.88. The lowest BCUT2D eigenvalue weighted by molar-refractivity contribution is -0.137. The number of nitrogens with one attached hydrogen (secondary N) is 1. The van der Waals surface area contributed by atoms with Crippen LogP contribution in [0.4, 0.5) is 18.0 Å². The number of phosphoric ester groups is 1. The van der Waals surface area contributed by atoms with E-state index in [2.05, 4.69) is 11.9 Å². The minimum absolute atomic E-state index is 0.0214. The van der Waals surface area contributed by atoms with E-state index in [0.29, 0.717) is 21.9 Å². The third kappa shape index (κ3) is 10.9. The maximum absolute atomic E-state index is 13.1. The molecule has 0 aliphatic carbocycles. The van der Waals surface area contributed by atoms with Gasteiger partial charge in [0.25, 0.3) is 0 Å². The lowest BCUT2D eigenvalue weighted by Crippen LogP contribution is -2.53. The summed E-state index contributed by atoms with van der Waals surface area (Å²) in [5, 5.41) is 13.2. The van der Waals surface area contributed by atoms with Crippen molar-refractivity contribution in [3.8, 4) is 5.75 Å². The van der Waals surface area contributed by atoms with Gasteiger partial charge in [-0.25, -0.2) is 9.36 Å². The van der Waals surface area contributed by atoms with Crippen LogP contribution in [0.5, 0.6) is 5.75 Å². The second kappa shape index (κ2) is 14.3. The van der Waals surface area contributed by atoms with Crippen LogP contribution in [0.3, 0.4) is 0 Å². The van der Waals surface area contributed by atoms with Crippen molar-refractivity contribution in [1.82, 2.24) is 5.32 Å². The van der Waals surface area contributed by atoms with E-state index in [1.165, 1.54) is 14.2 Å². The van der Waals surface area contributed by atoms with E-state index in [-0.39, 0.29) is 30.1 Å². The van der Waals surface area contributed by atoms with E-state index < -0.39 is 36.8 Å². The zero-order valence-electron chi connectivity index (χ0n) is 23.3. The smallest absolute Gasteiger partial charge is 0.474 e. The first-order chi connectivity index (χ1) is 18.9. The molecule has 0 radical (unpaired) electrons. The predicted octanol–water partition coefficient (Wildman–Crippen LogP) is 8.41. The van der Waals surface area contributed by atoms with Gasteiger partial charge in [-0.05, 0) is 75.9 Å². The van der Waals surface area contributed by atoms with Crippen molar-refractivity contribution in [2.45, 2.75) is 67.1 Å². The molecular weight excluding hydrogens is 606 g/mol. The molecule has 2 N–H and O–H groups in total. The average Bonchev–Trinajstić information content (AvgIpc) is 2.86. The molecule has 0 saturated heterocycles. The number of amides is 1. The molecular formula is C27H34ClF3NO7PS. The molecule has 228 valence electrons. The number of ether oxygens (including phenoxy) is 1. The first kappa shape index (κ1) is 35.0. The van der Waals surface area contributed by atoms with E-state index in [1.54, 1.807) is 45.0 Å². The van der Waals surface area contributed by atoms with Crippen molar-refractivity contribution < 1.29 is 45.9 Å². The van der Waals surface area contributed by atoms with Gasteiger partial charge >= 0.3 is 20.1 Å². The summed E-state index contributed by atoms with van der Waals surface area (Å²) in [6, 6.07) is 7.58. The SMILES string of the molecule is C=CC[C@](CCc1ccc(Sc2cc(C(F)(F)F)ccc2O)cc1Cl)(COP(=O)(OC)OC)NC(=O)OC(C)(C)C. The summed E-state index contributed by atoms with van der Waals surface area (Å²) in [6.07, 6.45) is -3.00. The van der Waals surface area contributed by atoms with Crippen molar-refractivity contribution in [2.24, 2.45) is 0 Å². The van der Waals surface area contributed by atoms with E-state index in [9.17, 15) is 27.6 Å². The number of aromatic hydroxyl groups is 1. The van der Waals surface area contributed by atoms with E-state index in [0.717, 1.165) is 30.0 Å². The molecule has 2 aromatic carbocycles. The van der Waals surface area contributed by atoms with Crippen LogP contribution in [0.2, 0.25) is 5.02 Å². The summed E-state index contributed by atoms with van der Waals surface area (Å²) < 4.78 is 72.6. The van der Waals surface area contributed by atoms with E-state index in [4.69, 9.17) is 29.9 Å². The lowest BCUT2D eigenvalue weighted by Gasteiger charge is -2.35. The van der Waals surface area contributed by atoms with Crippen molar-refractivity contribution in [2.75, 3.05) is 20.8 Å². The van der Waals surface area contributed by atoms with Gasteiger partial charge in [0.1, 0.15) is 11.4 Å². The van der Waals surface area contributed by atoms with Gasteiger partial charge in [0, 0.05) is 24.1 Å². The highest BCUT2D eigenvalue weighted by atomic mass is 35.5. The number of carbonyl (C=O) groups is 1. The summed E-state index contributed by atoms with van der Waals surface area (Å²) >= 11 is 7.46. The molecule has 0 unspecified atom stereocenters. The molecule has 14 heteroatoms. The Morgan fingerprint density at radius 2 is 1.80 bits per heavy atom. The largest absolute Gasteiger partial charge is 0.507 e. The Morgan fingerprint density at radius 3 is 2.34 bits per heavy atom. The van der Waals surface area contributed by atoms with Crippen LogP contribution in [0.25, 0.3) is 0 Å². The summed E-state index contributed by atoms with van der Waals surface area (Å²) in [5.74, 6) is -0.296. The van der Waals surface area contributed by atoms with Crippen molar-refractivity contribution >= 4 is 37.3 Å². The second-order valence-electron chi connectivity index (χ2n) is 10.0. The maximum Gasteiger partial charge on any atom is 0.474 e. The minimum Gasteiger partial charge on any atom is -0.507 e. The third-order valence-electron chi connectivity index (χ3n) is 5.66. The number of alkyl carbamates (subject to hydrolysis) is 1. The van der Waals surface area contributed by atoms with Gasteiger partial charge in [-0.1, -0.05) is 35.5 Å². The number of hydrogen-bond donors (Lipinski definition) is 2. The molecule has 0 heterocycles. The first-order valence-electron chi connectivity index (χ1n) is 12.3. The third-order valence-corrected chi connectivity index (χ3v) is 8.39. The zero-order chi connectivity index (χ0) is 31.1. The van der Waals surface area contributed by atoms with Gasteiger partial charge in [0.15, 0.2) is 0 Å². The number of hydrogen-bond acceptors (Lipinski definition) is 8. The normalized spacial score (nSPS) is 13.9. The number of phenolic OH excluding ortho intramolecular Hbond substituents is 1. The molecule has 2 aromatic rings. The monoisotopic (exact) mass is 639 g/mol. The average molecular weight is 640 g/mol. The van der Waals surface area contributed by atoms with Crippen LogP contribution in [-0.4, -0.2) is 43.2 Å². The maximum atomic E-state index is 13.1. The molecule has 0 bridgehead atoms. The molecule has 0 fully saturated rings. The number of alkyl halides is 3. The molecule has 1 amide bonds. The fourth-order valence-electron chi connectivity index (χ4n) is 3.63. The van der Waals surface area contributed by atoms with Crippen molar-refractivity contribution in [1.29, 1.82) is 0 Å². The number of halogens is 4.